The van der Waals surface area contributed by atoms with E-state index in [0.717, 1.165) is 9.09 Å². The van der Waals surface area contributed by atoms with Gasteiger partial charge in [0.05, 0.1) is 21.6 Å². The van der Waals surface area contributed by atoms with Gasteiger partial charge < -0.3 is 4.90 Å². The third-order valence-electron chi connectivity index (χ3n) is 2.37. The Morgan fingerprint density at radius 2 is 2.00 bits per heavy atom. The van der Waals surface area contributed by atoms with Crippen molar-refractivity contribution in [3.05, 3.63) is 39.9 Å². The summed E-state index contributed by atoms with van der Waals surface area (Å²) >= 11 is 3.04. The molecule has 0 N–H and O–H groups in total. The predicted octanol–water partition coefficient (Wildman–Crippen LogP) is 2.58. The molecular weight excluding hydrogens is 286 g/mol. The molecule has 0 aliphatic carbocycles. The van der Waals surface area contributed by atoms with E-state index in [4.69, 9.17) is 0 Å². The molecule has 0 spiro atoms. The van der Waals surface area contributed by atoms with Gasteiger partial charge in [-0.3, -0.25) is 9.00 Å². The molecule has 96 valence electrons. The molecule has 0 aliphatic heterocycles. The lowest BCUT2D eigenvalue weighted by molar-refractivity contribution is -0.127. The molecule has 0 saturated carbocycles. The van der Waals surface area contributed by atoms with Crippen LogP contribution < -0.4 is 0 Å². The summed E-state index contributed by atoms with van der Waals surface area (Å²) in [6.07, 6.45) is 0. The quantitative estimate of drug-likeness (QED) is 0.851. The average molecular weight is 299 g/mol. The van der Waals surface area contributed by atoms with Crippen molar-refractivity contribution in [2.75, 3.05) is 12.8 Å². The lowest BCUT2D eigenvalue weighted by Gasteiger charge is -2.15. The minimum Gasteiger partial charge on any atom is -0.340 e. The molecule has 18 heavy (non-hydrogen) atoms. The first-order valence-corrected chi connectivity index (χ1v) is 8.43. The Kier molecular flexibility index (Phi) is 4.68. The molecule has 3 nitrogen and oxygen atoms in total. The molecule has 2 aromatic rings. The Balaban J connectivity index is 1.89. The van der Waals surface area contributed by atoms with E-state index >= 15 is 0 Å². The fourth-order valence-electron chi connectivity index (χ4n) is 1.41. The molecule has 0 radical (unpaired) electrons. The zero-order valence-corrected chi connectivity index (χ0v) is 12.3. The third-order valence-corrected chi connectivity index (χ3v) is 5.84. The van der Waals surface area contributed by atoms with Crippen molar-refractivity contribution in [2.45, 2.75) is 10.8 Å². The SMILES string of the molecule is CN(Cc1cccs1)C(=O)CS(=O)c1cccs1. The summed E-state index contributed by atoms with van der Waals surface area (Å²) in [5.74, 6) is -0.0299. The Morgan fingerprint density at radius 3 is 2.61 bits per heavy atom. The van der Waals surface area contributed by atoms with Gasteiger partial charge in [0, 0.05) is 11.9 Å². The molecule has 0 saturated heterocycles. The van der Waals surface area contributed by atoms with Crippen LogP contribution in [-0.2, 0) is 22.1 Å². The molecule has 1 atom stereocenters. The number of rotatable bonds is 5. The molecule has 0 bridgehead atoms. The lowest BCUT2D eigenvalue weighted by Crippen LogP contribution is -2.30. The highest BCUT2D eigenvalue weighted by atomic mass is 32.2. The maximum atomic E-state index is 11.9. The smallest absolute Gasteiger partial charge is 0.235 e. The van der Waals surface area contributed by atoms with Gasteiger partial charge in [-0.15, -0.1) is 22.7 Å². The van der Waals surface area contributed by atoms with Crippen molar-refractivity contribution < 1.29 is 9.00 Å². The van der Waals surface area contributed by atoms with Gasteiger partial charge in [-0.25, -0.2) is 0 Å². The van der Waals surface area contributed by atoms with E-state index in [2.05, 4.69) is 0 Å². The van der Waals surface area contributed by atoms with Crippen LogP contribution in [-0.4, -0.2) is 27.8 Å². The second kappa shape index (κ2) is 6.26. The van der Waals surface area contributed by atoms with Crippen LogP contribution in [0.1, 0.15) is 4.88 Å². The number of hydrogen-bond acceptors (Lipinski definition) is 4. The second-order valence-electron chi connectivity index (χ2n) is 3.75. The highest BCUT2D eigenvalue weighted by Crippen LogP contribution is 2.15. The summed E-state index contributed by atoms with van der Waals surface area (Å²) in [4.78, 5) is 14.7. The van der Waals surface area contributed by atoms with Crippen LogP contribution in [0.5, 0.6) is 0 Å². The third kappa shape index (κ3) is 3.51. The van der Waals surface area contributed by atoms with Gasteiger partial charge in [0.15, 0.2) is 0 Å². The molecule has 0 fully saturated rings. The average Bonchev–Trinajstić information content (AvgIpc) is 3.01. The minimum absolute atomic E-state index is 0.0579. The highest BCUT2D eigenvalue weighted by molar-refractivity contribution is 7.88. The topological polar surface area (TPSA) is 37.4 Å². The Labute approximate surface area is 117 Å². The van der Waals surface area contributed by atoms with Crippen molar-refractivity contribution in [2.24, 2.45) is 0 Å². The van der Waals surface area contributed by atoms with E-state index < -0.39 is 10.8 Å². The number of hydrogen-bond donors (Lipinski definition) is 0. The van der Waals surface area contributed by atoms with E-state index in [9.17, 15) is 9.00 Å². The van der Waals surface area contributed by atoms with Crippen molar-refractivity contribution in [1.82, 2.24) is 4.90 Å². The van der Waals surface area contributed by atoms with Crippen LogP contribution >= 0.6 is 22.7 Å². The van der Waals surface area contributed by atoms with Crippen LogP contribution in [0, 0.1) is 0 Å². The van der Waals surface area contributed by atoms with Crippen LogP contribution in [0.25, 0.3) is 0 Å². The van der Waals surface area contributed by atoms with Gasteiger partial charge in [0.25, 0.3) is 0 Å². The van der Waals surface area contributed by atoms with E-state index in [-0.39, 0.29) is 11.7 Å². The maximum absolute atomic E-state index is 11.9. The second-order valence-corrected chi connectivity index (χ2v) is 7.41. The molecule has 2 aromatic heterocycles. The normalized spacial score (nSPS) is 12.3. The molecular formula is C12H13NO2S3. The van der Waals surface area contributed by atoms with Gasteiger partial charge >= 0.3 is 0 Å². The van der Waals surface area contributed by atoms with Gasteiger partial charge in [-0.1, -0.05) is 12.1 Å². The van der Waals surface area contributed by atoms with Crippen LogP contribution in [0.3, 0.4) is 0 Å². The summed E-state index contributed by atoms with van der Waals surface area (Å²) in [5.41, 5.74) is 0. The molecule has 2 heterocycles. The Hall–Kier alpha value is -0.980. The van der Waals surface area contributed by atoms with Crippen LogP contribution in [0.4, 0.5) is 0 Å². The molecule has 6 heteroatoms. The first-order valence-electron chi connectivity index (χ1n) is 5.35. The zero-order valence-electron chi connectivity index (χ0n) is 9.87. The Morgan fingerprint density at radius 1 is 1.28 bits per heavy atom. The van der Waals surface area contributed by atoms with Gasteiger partial charge in [0.1, 0.15) is 5.75 Å². The first-order chi connectivity index (χ1) is 8.66. The lowest BCUT2D eigenvalue weighted by atomic mass is 10.4. The van der Waals surface area contributed by atoms with Crippen molar-refractivity contribution in [1.29, 1.82) is 0 Å². The molecule has 1 amide bonds. The standard InChI is InChI=1S/C12H13NO2S3/c1-13(8-10-4-2-6-16-10)11(14)9-18(15)12-5-3-7-17-12/h2-7H,8-9H2,1H3. The summed E-state index contributed by atoms with van der Waals surface area (Å²) < 4.78 is 12.7. The highest BCUT2D eigenvalue weighted by Gasteiger charge is 2.15. The molecule has 2 rings (SSSR count). The summed E-state index contributed by atoms with van der Waals surface area (Å²) in [7, 11) is 0.523. The molecule has 0 aliphatic rings. The van der Waals surface area contributed by atoms with Gasteiger partial charge in [-0.2, -0.15) is 0 Å². The molecule has 0 aromatic carbocycles. The van der Waals surface area contributed by atoms with Crippen LogP contribution in [0.2, 0.25) is 0 Å². The number of nitrogens with zero attached hydrogens (tertiary/aromatic N) is 1. The minimum atomic E-state index is -1.22. The van der Waals surface area contributed by atoms with E-state index in [0.29, 0.717) is 6.54 Å². The van der Waals surface area contributed by atoms with E-state index in [1.807, 2.05) is 29.0 Å². The number of carbonyl (C=O) groups excluding carboxylic acids is 1. The molecule has 1 unspecified atom stereocenters. The van der Waals surface area contributed by atoms with E-state index in [1.54, 1.807) is 29.4 Å². The summed E-state index contributed by atoms with van der Waals surface area (Å²) in [6, 6.07) is 7.60. The maximum Gasteiger partial charge on any atom is 0.235 e. The van der Waals surface area contributed by atoms with Gasteiger partial charge in [-0.05, 0) is 22.9 Å². The number of amides is 1. The van der Waals surface area contributed by atoms with Crippen LogP contribution in [0.15, 0.2) is 39.2 Å². The summed E-state index contributed by atoms with van der Waals surface area (Å²) in [6.45, 7) is 0.581. The largest absolute Gasteiger partial charge is 0.340 e. The Bertz CT molecular complexity index is 520. The van der Waals surface area contributed by atoms with Crippen molar-refractivity contribution in [3.63, 3.8) is 0 Å². The predicted molar refractivity (Wildman–Crippen MR) is 76.4 cm³/mol. The number of thiophene rings is 2. The summed E-state index contributed by atoms with van der Waals surface area (Å²) in [5, 5.41) is 3.85. The first kappa shape index (κ1) is 13.5. The van der Waals surface area contributed by atoms with Crippen molar-refractivity contribution in [3.8, 4) is 0 Å². The van der Waals surface area contributed by atoms with E-state index in [1.165, 1.54) is 11.3 Å². The zero-order chi connectivity index (χ0) is 13.0. The fraction of sp³-hybridized carbons (Fsp3) is 0.250. The fourth-order valence-corrected chi connectivity index (χ4v) is 4.21. The van der Waals surface area contributed by atoms with Gasteiger partial charge in [0.2, 0.25) is 5.91 Å². The van der Waals surface area contributed by atoms with Crippen molar-refractivity contribution >= 4 is 39.4 Å². The monoisotopic (exact) mass is 299 g/mol. The number of carbonyl (C=O) groups is 1.